The summed E-state index contributed by atoms with van der Waals surface area (Å²) in [6.45, 7) is 2.04. The van der Waals surface area contributed by atoms with Crippen molar-refractivity contribution in [3.05, 3.63) is 83.8 Å². The van der Waals surface area contributed by atoms with Gasteiger partial charge in [0.1, 0.15) is 17.6 Å². The number of hydrazone groups is 1. The van der Waals surface area contributed by atoms with Crippen LogP contribution in [0.25, 0.3) is 0 Å². The predicted octanol–water partition coefficient (Wildman–Crippen LogP) is 4.76. The molecule has 1 aliphatic rings. The van der Waals surface area contributed by atoms with Gasteiger partial charge in [-0.1, -0.05) is 29.8 Å². The molecule has 1 amide bonds. The van der Waals surface area contributed by atoms with Crippen LogP contribution in [0.4, 0.5) is 0 Å². The first-order chi connectivity index (χ1) is 13.6. The van der Waals surface area contributed by atoms with Crippen LogP contribution in [0, 0.1) is 6.92 Å². The van der Waals surface area contributed by atoms with E-state index in [9.17, 15) is 9.90 Å². The number of benzene rings is 2. The van der Waals surface area contributed by atoms with Gasteiger partial charge in [0.05, 0.1) is 17.7 Å². The third-order valence-electron chi connectivity index (χ3n) is 4.62. The molecule has 0 fully saturated rings. The van der Waals surface area contributed by atoms with Crippen LogP contribution < -0.4 is 0 Å². The van der Waals surface area contributed by atoms with Crippen LogP contribution in [0.2, 0.25) is 0 Å². The number of hydrogen-bond acceptors (Lipinski definition) is 5. The summed E-state index contributed by atoms with van der Waals surface area (Å²) in [5.74, 6) is 1.11. The number of thioether (sulfide) groups is 1. The van der Waals surface area contributed by atoms with Crippen molar-refractivity contribution in [2.75, 3.05) is 5.75 Å². The molecule has 1 aromatic heterocycles. The molecule has 0 aliphatic carbocycles. The molecular weight excluding hydrogens is 372 g/mol. The lowest BCUT2D eigenvalue weighted by atomic mass is 10.0. The lowest BCUT2D eigenvalue weighted by molar-refractivity contribution is -0.130. The van der Waals surface area contributed by atoms with E-state index in [1.54, 1.807) is 35.5 Å². The number of phenolic OH excluding ortho intramolecular Hbond substituents is 1. The Labute approximate surface area is 167 Å². The molecule has 1 N–H and O–H groups in total. The zero-order valence-electron chi connectivity index (χ0n) is 15.4. The molecule has 142 valence electrons. The number of hydrogen-bond donors (Lipinski definition) is 1. The van der Waals surface area contributed by atoms with E-state index in [-0.39, 0.29) is 23.5 Å². The van der Waals surface area contributed by atoms with Gasteiger partial charge in [0.2, 0.25) is 0 Å². The summed E-state index contributed by atoms with van der Waals surface area (Å²) in [6.07, 6.45) is 2.24. The number of amides is 1. The van der Waals surface area contributed by atoms with Gasteiger partial charge < -0.3 is 9.52 Å². The molecule has 0 saturated carbocycles. The molecular formula is C22H20N2O3S. The molecule has 3 aromatic rings. The zero-order valence-corrected chi connectivity index (χ0v) is 16.2. The van der Waals surface area contributed by atoms with Crippen molar-refractivity contribution >= 4 is 23.4 Å². The standard InChI is InChI=1S/C22H20N2O3S/c1-15-4-6-16(7-5-15)19-13-20(21-3-2-12-27-21)24(23-19)22(26)14-28-18-10-8-17(25)9-11-18/h2-12,20,25H,13-14H2,1H3/t20-/m1/s1. The highest BCUT2D eigenvalue weighted by Crippen LogP contribution is 2.34. The number of carbonyl (C=O) groups excluding carboxylic acids is 1. The Bertz CT molecular complexity index is 980. The Morgan fingerprint density at radius 1 is 1.18 bits per heavy atom. The van der Waals surface area contributed by atoms with Crippen molar-refractivity contribution in [3.63, 3.8) is 0 Å². The first-order valence-electron chi connectivity index (χ1n) is 9.02. The van der Waals surface area contributed by atoms with E-state index in [2.05, 4.69) is 5.10 Å². The Morgan fingerprint density at radius 3 is 2.61 bits per heavy atom. The molecule has 0 saturated heterocycles. The maximum Gasteiger partial charge on any atom is 0.253 e. The van der Waals surface area contributed by atoms with Gasteiger partial charge in [0.15, 0.2) is 0 Å². The summed E-state index contributed by atoms with van der Waals surface area (Å²) >= 11 is 1.42. The molecule has 0 spiro atoms. The minimum Gasteiger partial charge on any atom is -0.508 e. The van der Waals surface area contributed by atoms with E-state index < -0.39 is 0 Å². The van der Waals surface area contributed by atoms with Crippen LogP contribution in [0.3, 0.4) is 0 Å². The van der Waals surface area contributed by atoms with Crippen LogP contribution in [0.1, 0.15) is 29.3 Å². The van der Waals surface area contributed by atoms with Crippen LogP contribution in [0.15, 0.2) is 81.3 Å². The van der Waals surface area contributed by atoms with E-state index in [1.165, 1.54) is 17.3 Å². The number of rotatable bonds is 5. The monoisotopic (exact) mass is 392 g/mol. The Kier molecular flexibility index (Phi) is 5.21. The summed E-state index contributed by atoms with van der Waals surface area (Å²) in [4.78, 5) is 13.8. The SMILES string of the molecule is Cc1ccc(C2=NN(C(=O)CSc3ccc(O)cc3)[C@@H](c3ccco3)C2)cc1. The molecule has 28 heavy (non-hydrogen) atoms. The highest BCUT2D eigenvalue weighted by molar-refractivity contribution is 8.00. The summed E-state index contributed by atoms with van der Waals surface area (Å²) in [5, 5.41) is 15.6. The maximum atomic E-state index is 12.9. The first-order valence-corrected chi connectivity index (χ1v) is 10.0. The summed E-state index contributed by atoms with van der Waals surface area (Å²) in [7, 11) is 0. The fourth-order valence-electron chi connectivity index (χ4n) is 3.12. The van der Waals surface area contributed by atoms with Crippen LogP contribution in [-0.4, -0.2) is 27.5 Å². The molecule has 2 aromatic carbocycles. The Hall–Kier alpha value is -2.99. The van der Waals surface area contributed by atoms with Gasteiger partial charge in [0, 0.05) is 11.3 Å². The van der Waals surface area contributed by atoms with Crippen molar-refractivity contribution in [3.8, 4) is 5.75 Å². The molecule has 4 rings (SSSR count). The Morgan fingerprint density at radius 2 is 1.93 bits per heavy atom. The van der Waals surface area contributed by atoms with Crippen molar-refractivity contribution in [1.82, 2.24) is 5.01 Å². The molecule has 0 unspecified atom stereocenters. The van der Waals surface area contributed by atoms with Gasteiger partial charge in [-0.2, -0.15) is 5.10 Å². The van der Waals surface area contributed by atoms with Gasteiger partial charge in [-0.05, 0) is 48.9 Å². The first kappa shape index (κ1) is 18.4. The normalized spacial score (nSPS) is 16.2. The fraction of sp³-hybridized carbons (Fsp3) is 0.182. The molecule has 0 radical (unpaired) electrons. The zero-order chi connectivity index (χ0) is 19.5. The highest BCUT2D eigenvalue weighted by Gasteiger charge is 2.34. The largest absolute Gasteiger partial charge is 0.508 e. The molecule has 5 nitrogen and oxygen atoms in total. The van der Waals surface area contributed by atoms with E-state index in [0.29, 0.717) is 6.42 Å². The highest BCUT2D eigenvalue weighted by atomic mass is 32.2. The summed E-state index contributed by atoms with van der Waals surface area (Å²) in [6, 6.07) is 18.4. The predicted molar refractivity (Wildman–Crippen MR) is 109 cm³/mol. The van der Waals surface area contributed by atoms with Crippen molar-refractivity contribution in [2.24, 2.45) is 5.10 Å². The topological polar surface area (TPSA) is 66.0 Å². The van der Waals surface area contributed by atoms with E-state index >= 15 is 0 Å². The molecule has 6 heteroatoms. The molecule has 2 heterocycles. The van der Waals surface area contributed by atoms with E-state index in [4.69, 9.17) is 4.42 Å². The third kappa shape index (κ3) is 3.97. The number of furan rings is 1. The molecule has 1 atom stereocenters. The summed E-state index contributed by atoms with van der Waals surface area (Å²) in [5.41, 5.74) is 3.08. The average molecular weight is 392 g/mol. The number of phenols is 1. The minimum absolute atomic E-state index is 0.0819. The lowest BCUT2D eigenvalue weighted by Gasteiger charge is -2.19. The quantitative estimate of drug-likeness (QED) is 0.636. The summed E-state index contributed by atoms with van der Waals surface area (Å²) < 4.78 is 5.58. The van der Waals surface area contributed by atoms with Crippen LogP contribution in [0.5, 0.6) is 5.75 Å². The van der Waals surface area contributed by atoms with Gasteiger partial charge in [0.25, 0.3) is 5.91 Å². The number of aromatic hydroxyl groups is 1. The van der Waals surface area contributed by atoms with Gasteiger partial charge >= 0.3 is 0 Å². The van der Waals surface area contributed by atoms with Gasteiger partial charge in [-0.15, -0.1) is 11.8 Å². The second-order valence-electron chi connectivity index (χ2n) is 6.67. The van der Waals surface area contributed by atoms with E-state index in [0.717, 1.165) is 21.9 Å². The Balaban J connectivity index is 1.54. The fourth-order valence-corrected chi connectivity index (χ4v) is 3.87. The van der Waals surface area contributed by atoms with Crippen LogP contribution in [-0.2, 0) is 4.79 Å². The lowest BCUT2D eigenvalue weighted by Crippen LogP contribution is -2.28. The van der Waals surface area contributed by atoms with Crippen molar-refractivity contribution < 1.29 is 14.3 Å². The molecule has 0 bridgehead atoms. The van der Waals surface area contributed by atoms with Crippen LogP contribution >= 0.6 is 11.8 Å². The smallest absolute Gasteiger partial charge is 0.253 e. The molecule has 1 aliphatic heterocycles. The average Bonchev–Trinajstić information content (AvgIpc) is 3.37. The van der Waals surface area contributed by atoms with Gasteiger partial charge in [-0.25, -0.2) is 5.01 Å². The second-order valence-corrected chi connectivity index (χ2v) is 7.72. The third-order valence-corrected chi connectivity index (χ3v) is 5.62. The maximum absolute atomic E-state index is 12.9. The number of nitrogens with zero attached hydrogens (tertiary/aromatic N) is 2. The van der Waals surface area contributed by atoms with Gasteiger partial charge in [-0.3, -0.25) is 4.79 Å². The number of aryl methyl sites for hydroxylation is 1. The minimum atomic E-state index is -0.237. The number of carbonyl (C=O) groups is 1. The van der Waals surface area contributed by atoms with E-state index in [1.807, 2.05) is 43.3 Å². The van der Waals surface area contributed by atoms with Crippen molar-refractivity contribution in [1.29, 1.82) is 0 Å². The van der Waals surface area contributed by atoms with Crippen molar-refractivity contribution in [2.45, 2.75) is 24.3 Å². The second kappa shape index (κ2) is 7.94.